The minimum atomic E-state index is -1.15. The molecule has 18 heavy (non-hydrogen) atoms. The van der Waals surface area contributed by atoms with Crippen LogP contribution in [0.3, 0.4) is 0 Å². The minimum absolute atomic E-state index is 0.142. The molecule has 1 saturated carbocycles. The second-order valence-corrected chi connectivity index (χ2v) is 4.49. The van der Waals surface area contributed by atoms with Gasteiger partial charge in [0.15, 0.2) is 0 Å². The van der Waals surface area contributed by atoms with E-state index in [9.17, 15) is 14.7 Å². The van der Waals surface area contributed by atoms with Gasteiger partial charge in [0.25, 0.3) is 5.91 Å². The van der Waals surface area contributed by atoms with Gasteiger partial charge in [-0.2, -0.15) is 0 Å². The van der Waals surface area contributed by atoms with E-state index in [1.165, 1.54) is 18.6 Å². The number of rotatable bonds is 3. The van der Waals surface area contributed by atoms with Crippen molar-refractivity contribution in [2.24, 2.45) is 0 Å². The summed E-state index contributed by atoms with van der Waals surface area (Å²) >= 11 is 0. The fourth-order valence-corrected chi connectivity index (χ4v) is 2.25. The van der Waals surface area contributed by atoms with Crippen molar-refractivity contribution in [3.63, 3.8) is 0 Å². The van der Waals surface area contributed by atoms with Crippen LogP contribution in [0.4, 0.5) is 0 Å². The molecule has 0 aliphatic heterocycles. The van der Waals surface area contributed by atoms with Gasteiger partial charge < -0.3 is 10.4 Å². The Labute approximate surface area is 104 Å². The van der Waals surface area contributed by atoms with Crippen LogP contribution in [0.25, 0.3) is 0 Å². The molecular weight excluding hydrogens is 234 g/mol. The number of nitrogens with one attached hydrogen (secondary N) is 1. The highest BCUT2D eigenvalue weighted by Gasteiger charge is 2.41. The average molecular weight is 249 g/mol. The van der Waals surface area contributed by atoms with E-state index in [2.05, 4.69) is 15.3 Å². The predicted molar refractivity (Wildman–Crippen MR) is 63.0 cm³/mol. The SMILES string of the molecule is O=C(NC1(C(=O)O)CCCCC1)c1cnccn1. The van der Waals surface area contributed by atoms with Crippen LogP contribution in [0.2, 0.25) is 0 Å². The first-order valence-electron chi connectivity index (χ1n) is 5.96. The van der Waals surface area contributed by atoms with Crippen molar-refractivity contribution in [3.8, 4) is 0 Å². The molecule has 1 aromatic rings. The Morgan fingerprint density at radius 2 is 1.94 bits per heavy atom. The predicted octanol–water partition coefficient (Wildman–Crippen LogP) is 0.994. The second-order valence-electron chi connectivity index (χ2n) is 4.49. The molecule has 0 saturated heterocycles. The van der Waals surface area contributed by atoms with Crippen LogP contribution in [0.5, 0.6) is 0 Å². The maximum atomic E-state index is 11.9. The smallest absolute Gasteiger partial charge is 0.329 e. The summed E-state index contributed by atoms with van der Waals surface area (Å²) in [6, 6.07) is 0. The highest BCUT2D eigenvalue weighted by Crippen LogP contribution is 2.28. The molecule has 2 N–H and O–H groups in total. The topological polar surface area (TPSA) is 92.2 Å². The quantitative estimate of drug-likeness (QED) is 0.833. The average Bonchev–Trinajstić information content (AvgIpc) is 2.40. The zero-order chi connectivity index (χ0) is 13.0. The molecule has 1 fully saturated rings. The van der Waals surface area contributed by atoms with Crippen molar-refractivity contribution < 1.29 is 14.7 Å². The highest BCUT2D eigenvalue weighted by atomic mass is 16.4. The van der Waals surface area contributed by atoms with Crippen molar-refractivity contribution in [1.29, 1.82) is 0 Å². The molecule has 96 valence electrons. The Morgan fingerprint density at radius 3 is 2.50 bits per heavy atom. The molecule has 6 nitrogen and oxygen atoms in total. The third kappa shape index (κ3) is 2.47. The molecule has 1 aliphatic carbocycles. The molecule has 2 rings (SSSR count). The number of nitrogens with zero attached hydrogens (tertiary/aromatic N) is 2. The standard InChI is InChI=1S/C12H15N3O3/c16-10(9-8-13-6-7-14-9)15-12(11(17)18)4-2-1-3-5-12/h6-8H,1-5H2,(H,15,16)(H,17,18). The molecule has 0 atom stereocenters. The molecular formula is C12H15N3O3. The maximum absolute atomic E-state index is 11.9. The van der Waals surface area contributed by atoms with Crippen LogP contribution >= 0.6 is 0 Å². The molecule has 0 radical (unpaired) electrons. The lowest BCUT2D eigenvalue weighted by molar-refractivity contribution is -0.145. The lowest BCUT2D eigenvalue weighted by Gasteiger charge is -2.33. The van der Waals surface area contributed by atoms with Gasteiger partial charge in [-0.1, -0.05) is 19.3 Å². The largest absolute Gasteiger partial charge is 0.480 e. The monoisotopic (exact) mass is 249 g/mol. The first-order chi connectivity index (χ1) is 8.64. The number of aliphatic carboxylic acids is 1. The lowest BCUT2D eigenvalue weighted by atomic mass is 9.81. The second kappa shape index (κ2) is 5.12. The Hall–Kier alpha value is -1.98. The van der Waals surface area contributed by atoms with Gasteiger partial charge >= 0.3 is 5.97 Å². The normalized spacial score (nSPS) is 18.0. The van der Waals surface area contributed by atoms with E-state index >= 15 is 0 Å². The zero-order valence-electron chi connectivity index (χ0n) is 9.93. The van der Waals surface area contributed by atoms with E-state index in [1.54, 1.807) is 0 Å². The van der Waals surface area contributed by atoms with E-state index in [-0.39, 0.29) is 5.69 Å². The fraction of sp³-hybridized carbons (Fsp3) is 0.500. The third-order valence-corrected chi connectivity index (χ3v) is 3.27. The van der Waals surface area contributed by atoms with Crippen molar-refractivity contribution >= 4 is 11.9 Å². The zero-order valence-corrected chi connectivity index (χ0v) is 9.93. The summed E-state index contributed by atoms with van der Waals surface area (Å²) in [7, 11) is 0. The molecule has 1 heterocycles. The Morgan fingerprint density at radius 1 is 1.22 bits per heavy atom. The van der Waals surface area contributed by atoms with Gasteiger partial charge in [0.05, 0.1) is 6.20 Å². The molecule has 0 bridgehead atoms. The molecule has 1 aliphatic rings. The van der Waals surface area contributed by atoms with Gasteiger partial charge in [-0.25, -0.2) is 9.78 Å². The van der Waals surface area contributed by atoms with Crippen molar-refractivity contribution in [2.75, 3.05) is 0 Å². The first kappa shape index (κ1) is 12.5. The van der Waals surface area contributed by atoms with Crippen LogP contribution in [-0.4, -0.2) is 32.5 Å². The maximum Gasteiger partial charge on any atom is 0.329 e. The van der Waals surface area contributed by atoms with Gasteiger partial charge in [0.2, 0.25) is 0 Å². The number of carbonyl (C=O) groups excluding carboxylic acids is 1. The van der Waals surface area contributed by atoms with Crippen LogP contribution in [0.1, 0.15) is 42.6 Å². The van der Waals surface area contributed by atoms with Gasteiger partial charge in [0.1, 0.15) is 11.2 Å². The summed E-state index contributed by atoms with van der Waals surface area (Å²) in [4.78, 5) is 31.0. The summed E-state index contributed by atoms with van der Waals surface area (Å²) < 4.78 is 0. The summed E-state index contributed by atoms with van der Waals surface area (Å²) in [6.45, 7) is 0. The summed E-state index contributed by atoms with van der Waals surface area (Å²) in [5, 5.41) is 11.9. The summed E-state index contributed by atoms with van der Waals surface area (Å²) in [6.07, 6.45) is 7.76. The van der Waals surface area contributed by atoms with E-state index in [4.69, 9.17) is 0 Å². The molecule has 0 unspecified atom stereocenters. The van der Waals surface area contributed by atoms with E-state index in [1.807, 2.05) is 0 Å². The van der Waals surface area contributed by atoms with Crippen LogP contribution in [-0.2, 0) is 4.79 Å². The number of carboxylic acids is 1. The first-order valence-corrected chi connectivity index (χ1v) is 5.96. The number of carboxylic acid groups (broad SMARTS) is 1. The minimum Gasteiger partial charge on any atom is -0.480 e. The Balaban J connectivity index is 2.15. The Bertz CT molecular complexity index is 441. The van der Waals surface area contributed by atoms with Crippen molar-refractivity contribution in [3.05, 3.63) is 24.3 Å². The molecule has 0 aromatic carbocycles. The fourth-order valence-electron chi connectivity index (χ4n) is 2.25. The van der Waals surface area contributed by atoms with Gasteiger partial charge in [-0.3, -0.25) is 9.78 Å². The van der Waals surface area contributed by atoms with Crippen molar-refractivity contribution in [2.45, 2.75) is 37.6 Å². The number of carbonyl (C=O) groups is 2. The van der Waals surface area contributed by atoms with E-state index in [0.717, 1.165) is 19.3 Å². The van der Waals surface area contributed by atoms with Crippen LogP contribution < -0.4 is 5.32 Å². The third-order valence-electron chi connectivity index (χ3n) is 3.27. The number of aromatic nitrogens is 2. The van der Waals surface area contributed by atoms with Crippen LogP contribution in [0, 0.1) is 0 Å². The summed E-state index contributed by atoms with van der Waals surface area (Å²) in [5.41, 5.74) is -1.00. The molecule has 0 spiro atoms. The van der Waals surface area contributed by atoms with E-state index in [0.29, 0.717) is 12.8 Å². The van der Waals surface area contributed by atoms with E-state index < -0.39 is 17.4 Å². The lowest BCUT2D eigenvalue weighted by Crippen LogP contribution is -2.55. The molecule has 6 heteroatoms. The van der Waals surface area contributed by atoms with Gasteiger partial charge in [0, 0.05) is 12.4 Å². The highest BCUT2D eigenvalue weighted by molar-refractivity contribution is 5.96. The number of hydrogen-bond acceptors (Lipinski definition) is 4. The molecule has 1 amide bonds. The van der Waals surface area contributed by atoms with Gasteiger partial charge in [-0.05, 0) is 12.8 Å². The number of amides is 1. The van der Waals surface area contributed by atoms with Crippen molar-refractivity contribution in [1.82, 2.24) is 15.3 Å². The Kier molecular flexibility index (Phi) is 3.55. The van der Waals surface area contributed by atoms with Crippen LogP contribution in [0.15, 0.2) is 18.6 Å². The summed E-state index contributed by atoms with van der Waals surface area (Å²) in [5.74, 6) is -1.45. The van der Waals surface area contributed by atoms with Gasteiger partial charge in [-0.15, -0.1) is 0 Å². The number of hydrogen-bond donors (Lipinski definition) is 2. The molecule has 1 aromatic heterocycles.